The molecule has 1 nitrogen and oxygen atoms in total. The Bertz CT molecular complexity index is 27.7. The van der Waals surface area contributed by atoms with Crippen molar-refractivity contribution in [2.75, 3.05) is 13.1 Å². The molecule has 0 spiro atoms. The van der Waals surface area contributed by atoms with Crippen LogP contribution in [0.25, 0.3) is 0 Å². The van der Waals surface area contributed by atoms with E-state index >= 15 is 0 Å². The molecule has 8 heavy (non-hydrogen) atoms. The molecule has 0 aliphatic carbocycles. The molecule has 0 unspecified atom stereocenters. The first-order valence-electron chi connectivity index (χ1n) is 2.36. The van der Waals surface area contributed by atoms with Gasteiger partial charge in [0.25, 0.3) is 0 Å². The van der Waals surface area contributed by atoms with Crippen LogP contribution in [-0.4, -0.2) is 18.0 Å². The summed E-state index contributed by atoms with van der Waals surface area (Å²) in [5.41, 5.74) is 0. The van der Waals surface area contributed by atoms with Crippen molar-refractivity contribution in [1.29, 1.82) is 0 Å². The van der Waals surface area contributed by atoms with Crippen LogP contribution < -0.4 is 0 Å². The van der Waals surface area contributed by atoms with E-state index in [0.717, 1.165) is 13.1 Å². The maximum Gasteiger partial charge on any atom is 0 e. The molecule has 0 aliphatic rings. The van der Waals surface area contributed by atoms with E-state index in [1.54, 1.807) is 0 Å². The zero-order chi connectivity index (χ0) is 4.99. The van der Waals surface area contributed by atoms with Crippen molar-refractivity contribution in [2.24, 2.45) is 0 Å². The Balaban J connectivity index is -0.000000125. The Kier molecular flexibility index (Phi) is 20.9. The van der Waals surface area contributed by atoms with Gasteiger partial charge in [-0.15, -0.1) is 0 Å². The van der Waals surface area contributed by atoms with E-state index in [-0.39, 0.29) is 27.8 Å². The summed E-state index contributed by atoms with van der Waals surface area (Å²) in [5, 5.41) is 0. The number of nitrogens with zero attached hydrogens (tertiary/aromatic N) is 1. The molecule has 0 aromatic carbocycles. The molecule has 0 rings (SSSR count). The van der Waals surface area contributed by atoms with Crippen LogP contribution in [0.15, 0.2) is 0 Å². The Morgan fingerprint density at radius 2 is 1.50 bits per heavy atom. The zero-order valence-electron chi connectivity index (χ0n) is 4.95. The molecular formula is C6H16NRe-. The van der Waals surface area contributed by atoms with Crippen LogP contribution in [0.4, 0.5) is 0 Å². The average molecular weight is 288 g/mol. The fourth-order valence-corrected chi connectivity index (χ4v) is 0.224. The van der Waals surface area contributed by atoms with Crippen LogP contribution in [-0.2, 0) is 20.4 Å². The molecule has 0 atom stereocenters. The van der Waals surface area contributed by atoms with E-state index < -0.39 is 0 Å². The maximum absolute atomic E-state index is 3.71. The monoisotopic (exact) mass is 289 g/mol. The van der Waals surface area contributed by atoms with Crippen LogP contribution in [0.1, 0.15) is 21.3 Å². The molecule has 0 aromatic rings. The smallest absolute Gasteiger partial charge is 0 e. The Hall–Kier alpha value is 0.622. The first-order valence-corrected chi connectivity index (χ1v) is 2.36. The average Bonchev–Trinajstić information content (AvgIpc) is 1.65. The van der Waals surface area contributed by atoms with Crippen molar-refractivity contribution in [3.63, 3.8) is 0 Å². The van der Waals surface area contributed by atoms with Crippen LogP contribution >= 0.6 is 0 Å². The van der Waals surface area contributed by atoms with Gasteiger partial charge in [0.2, 0.25) is 0 Å². The van der Waals surface area contributed by atoms with Crippen LogP contribution in [0, 0.1) is 7.05 Å². The molecule has 2 heteroatoms. The molecule has 1 radical (unpaired) electrons. The predicted molar refractivity (Wildman–Crippen MR) is 35.0 cm³/mol. The summed E-state index contributed by atoms with van der Waals surface area (Å²) < 4.78 is 0. The van der Waals surface area contributed by atoms with Crippen LogP contribution in [0.3, 0.4) is 0 Å². The Labute approximate surface area is 67.1 Å². The third-order valence-corrected chi connectivity index (χ3v) is 0.894. The first kappa shape index (κ1) is 15.8. The summed E-state index contributed by atoms with van der Waals surface area (Å²) in [5.74, 6) is 0. The normalized spacial score (nSPS) is 7.50. The Morgan fingerprint density at radius 3 is 1.50 bits per heavy atom. The van der Waals surface area contributed by atoms with Gasteiger partial charge in [0.05, 0.1) is 0 Å². The van der Waals surface area contributed by atoms with Gasteiger partial charge in [0.15, 0.2) is 0 Å². The predicted octanol–water partition coefficient (Wildman–Crippen LogP) is 1.75. The minimum Gasteiger partial charge on any atom is -0.460 e. The quantitative estimate of drug-likeness (QED) is 0.700. The van der Waals surface area contributed by atoms with Crippen LogP contribution in [0.5, 0.6) is 0 Å². The second-order valence-electron chi connectivity index (χ2n) is 1.30. The summed E-state index contributed by atoms with van der Waals surface area (Å²) >= 11 is 0. The first-order chi connectivity index (χ1) is 2.81. The maximum atomic E-state index is 3.71. The summed E-state index contributed by atoms with van der Waals surface area (Å²) in [7, 11) is 3.71. The van der Waals surface area contributed by atoms with E-state index in [1.807, 2.05) is 4.90 Å². The van der Waals surface area contributed by atoms with Crippen LogP contribution in [0.2, 0.25) is 0 Å². The molecule has 0 aromatic heterocycles. The number of hydrogen-bond acceptors (Lipinski definition) is 1. The molecular weight excluding hydrogens is 272 g/mol. The number of rotatable bonds is 2. The van der Waals surface area contributed by atoms with Crippen molar-refractivity contribution in [2.45, 2.75) is 21.3 Å². The molecule has 0 saturated heterocycles. The fourth-order valence-electron chi connectivity index (χ4n) is 0.224. The van der Waals surface area contributed by atoms with Gasteiger partial charge >= 0.3 is 0 Å². The van der Waals surface area contributed by atoms with Crippen molar-refractivity contribution < 1.29 is 20.4 Å². The largest absolute Gasteiger partial charge is 0.460 e. The van der Waals surface area contributed by atoms with Gasteiger partial charge in [-0.2, -0.15) is 0 Å². The molecule has 0 aliphatic heterocycles. The number of hydrogen-bond donors (Lipinski definition) is 0. The van der Waals surface area contributed by atoms with Crippen molar-refractivity contribution in [1.82, 2.24) is 4.90 Å². The van der Waals surface area contributed by atoms with E-state index in [9.17, 15) is 0 Å². The van der Waals surface area contributed by atoms with E-state index in [2.05, 4.69) is 20.9 Å². The van der Waals surface area contributed by atoms with Crippen molar-refractivity contribution in [3.05, 3.63) is 7.05 Å². The molecule has 0 N–H and O–H groups in total. The molecule has 0 saturated carbocycles. The second kappa shape index (κ2) is 10.6. The molecule has 0 amide bonds. The summed E-state index contributed by atoms with van der Waals surface area (Å²) in [6, 6.07) is 0. The van der Waals surface area contributed by atoms with Gasteiger partial charge in [-0.1, -0.05) is 21.3 Å². The van der Waals surface area contributed by atoms with Crippen molar-refractivity contribution in [3.8, 4) is 0 Å². The third kappa shape index (κ3) is 9.80. The van der Waals surface area contributed by atoms with Gasteiger partial charge < -0.3 is 4.90 Å². The fraction of sp³-hybridized carbons (Fsp3) is 0.833. The molecule has 0 fully saturated rings. The van der Waals surface area contributed by atoms with E-state index in [4.69, 9.17) is 0 Å². The minimum absolute atomic E-state index is 0. The van der Waals surface area contributed by atoms with E-state index in [1.165, 1.54) is 0 Å². The summed E-state index contributed by atoms with van der Waals surface area (Å²) in [6.07, 6.45) is 0. The second-order valence-corrected chi connectivity index (χ2v) is 1.30. The van der Waals surface area contributed by atoms with Gasteiger partial charge in [0.1, 0.15) is 0 Å². The van der Waals surface area contributed by atoms with E-state index in [0.29, 0.717) is 0 Å². The standard InChI is InChI=1S/C5H12N.CH4.Re/c1-4-6(3)5-2;;/h3-5H2,1-2H3;1H4;/q-1;;. The SMILES string of the molecule is C.[CH2-]N(CC)CC.[Re]. The Morgan fingerprint density at radius 1 is 1.25 bits per heavy atom. The van der Waals surface area contributed by atoms with Gasteiger partial charge in [-0.3, -0.25) is 7.05 Å². The molecule has 0 bridgehead atoms. The molecule has 53 valence electrons. The third-order valence-electron chi connectivity index (χ3n) is 0.894. The molecule has 0 heterocycles. The zero-order valence-corrected chi connectivity index (χ0v) is 7.66. The van der Waals surface area contributed by atoms with Gasteiger partial charge in [0, 0.05) is 20.4 Å². The van der Waals surface area contributed by atoms with Crippen molar-refractivity contribution >= 4 is 0 Å². The summed E-state index contributed by atoms with van der Waals surface area (Å²) in [6.45, 7) is 6.29. The topological polar surface area (TPSA) is 3.24 Å². The minimum atomic E-state index is 0. The van der Waals surface area contributed by atoms with Gasteiger partial charge in [-0.05, 0) is 13.1 Å². The van der Waals surface area contributed by atoms with Gasteiger partial charge in [-0.25, -0.2) is 0 Å². The summed E-state index contributed by atoms with van der Waals surface area (Å²) in [4.78, 5) is 2.00.